The monoisotopic (exact) mass is 320 g/mol. The van der Waals surface area contributed by atoms with E-state index in [0.29, 0.717) is 12.8 Å². The number of nitrogens with zero attached hydrogens (tertiary/aromatic N) is 1. The lowest BCUT2D eigenvalue weighted by atomic mass is 9.98. The zero-order valence-electron chi connectivity index (χ0n) is 10.6. The van der Waals surface area contributed by atoms with E-state index < -0.39 is 26.6 Å². The van der Waals surface area contributed by atoms with Crippen molar-refractivity contribution in [2.45, 2.75) is 17.7 Å². The van der Waals surface area contributed by atoms with E-state index in [4.69, 9.17) is 17.3 Å². The Morgan fingerprint density at radius 2 is 1.95 bits per heavy atom. The van der Waals surface area contributed by atoms with E-state index in [1.54, 1.807) is 0 Å². The third kappa shape index (κ3) is 2.79. The predicted octanol–water partition coefficient (Wildman–Crippen LogP) is 1.37. The molecular weight excluding hydrogens is 307 g/mol. The number of sulfonamides is 1. The fraction of sp³-hybridized carbons (Fsp3) is 0.417. The van der Waals surface area contributed by atoms with Crippen molar-refractivity contribution in [3.8, 4) is 0 Å². The molecule has 1 aromatic carbocycles. The third-order valence-electron chi connectivity index (χ3n) is 3.39. The second kappa shape index (κ2) is 5.67. The van der Waals surface area contributed by atoms with Crippen molar-refractivity contribution in [1.82, 2.24) is 4.31 Å². The number of rotatable bonds is 3. The molecule has 0 aliphatic carbocycles. The molecule has 0 aromatic heterocycles. The Balaban J connectivity index is 2.24. The summed E-state index contributed by atoms with van der Waals surface area (Å²) in [5.74, 6) is -1.71. The van der Waals surface area contributed by atoms with Crippen LogP contribution < -0.4 is 5.73 Å². The van der Waals surface area contributed by atoms with Gasteiger partial charge in [0.2, 0.25) is 15.9 Å². The molecule has 0 saturated carbocycles. The molecule has 0 unspecified atom stereocenters. The van der Waals surface area contributed by atoms with Crippen LogP contribution in [0.3, 0.4) is 0 Å². The van der Waals surface area contributed by atoms with Crippen LogP contribution in [0.25, 0.3) is 0 Å². The molecule has 0 atom stereocenters. The molecule has 0 bridgehead atoms. The van der Waals surface area contributed by atoms with Crippen molar-refractivity contribution in [3.05, 3.63) is 29.0 Å². The average Bonchev–Trinajstić information content (AvgIpc) is 2.41. The maximum absolute atomic E-state index is 13.8. The molecule has 0 radical (unpaired) electrons. The molecule has 1 aromatic rings. The number of nitrogens with two attached hydrogens (primary N) is 1. The van der Waals surface area contributed by atoms with E-state index in [1.807, 2.05) is 0 Å². The van der Waals surface area contributed by atoms with E-state index >= 15 is 0 Å². The molecule has 2 N–H and O–H groups in total. The lowest BCUT2D eigenvalue weighted by Crippen LogP contribution is -2.41. The SMILES string of the molecule is NC(=O)C1CCN(S(=O)(=O)c2cccc(Cl)c2F)CC1. The van der Waals surface area contributed by atoms with Gasteiger partial charge >= 0.3 is 0 Å². The third-order valence-corrected chi connectivity index (χ3v) is 5.60. The van der Waals surface area contributed by atoms with Crippen molar-refractivity contribution >= 4 is 27.5 Å². The maximum Gasteiger partial charge on any atom is 0.246 e. The van der Waals surface area contributed by atoms with Gasteiger partial charge in [-0.05, 0) is 25.0 Å². The number of carbonyl (C=O) groups excluding carboxylic acids is 1. The first-order chi connectivity index (χ1) is 9.34. The van der Waals surface area contributed by atoms with E-state index in [2.05, 4.69) is 0 Å². The van der Waals surface area contributed by atoms with Gasteiger partial charge in [0.25, 0.3) is 0 Å². The molecule has 1 heterocycles. The molecule has 5 nitrogen and oxygen atoms in total. The molecule has 8 heteroatoms. The van der Waals surface area contributed by atoms with Crippen LogP contribution >= 0.6 is 11.6 Å². The van der Waals surface area contributed by atoms with E-state index in [0.717, 1.165) is 4.31 Å². The van der Waals surface area contributed by atoms with Gasteiger partial charge in [-0.15, -0.1) is 0 Å². The predicted molar refractivity (Wildman–Crippen MR) is 72.1 cm³/mol. The average molecular weight is 321 g/mol. The Kier molecular flexibility index (Phi) is 4.31. The molecule has 2 rings (SSSR count). The summed E-state index contributed by atoms with van der Waals surface area (Å²) in [5, 5.41) is -0.238. The van der Waals surface area contributed by atoms with Crippen LogP contribution in [0.15, 0.2) is 23.1 Å². The highest BCUT2D eigenvalue weighted by Gasteiger charge is 2.33. The molecule has 110 valence electrons. The number of hydrogen-bond donors (Lipinski definition) is 1. The molecule has 1 aliphatic heterocycles. The van der Waals surface area contributed by atoms with Gasteiger partial charge in [-0.2, -0.15) is 4.31 Å². The van der Waals surface area contributed by atoms with Crippen molar-refractivity contribution in [3.63, 3.8) is 0 Å². The lowest BCUT2D eigenvalue weighted by molar-refractivity contribution is -0.122. The number of primary amides is 1. The highest BCUT2D eigenvalue weighted by molar-refractivity contribution is 7.89. The largest absolute Gasteiger partial charge is 0.369 e. The van der Waals surface area contributed by atoms with Crippen LogP contribution in [0.2, 0.25) is 5.02 Å². The van der Waals surface area contributed by atoms with Crippen LogP contribution in [0.1, 0.15) is 12.8 Å². The van der Waals surface area contributed by atoms with Crippen molar-refractivity contribution in [1.29, 1.82) is 0 Å². The van der Waals surface area contributed by atoms with Crippen LogP contribution in [-0.2, 0) is 14.8 Å². The molecule has 20 heavy (non-hydrogen) atoms. The van der Waals surface area contributed by atoms with Gasteiger partial charge in [-0.1, -0.05) is 17.7 Å². The summed E-state index contributed by atoms with van der Waals surface area (Å²) in [5.41, 5.74) is 5.19. The van der Waals surface area contributed by atoms with Gasteiger partial charge < -0.3 is 5.73 Å². The number of hydrogen-bond acceptors (Lipinski definition) is 3. The maximum atomic E-state index is 13.8. The fourth-order valence-corrected chi connectivity index (χ4v) is 3.99. The fourth-order valence-electron chi connectivity index (χ4n) is 2.20. The van der Waals surface area contributed by atoms with Crippen LogP contribution in [0.4, 0.5) is 4.39 Å². The summed E-state index contributed by atoms with van der Waals surface area (Å²) in [7, 11) is -3.94. The first-order valence-corrected chi connectivity index (χ1v) is 7.89. The van der Waals surface area contributed by atoms with Gasteiger partial charge in [0, 0.05) is 19.0 Å². The summed E-state index contributed by atoms with van der Waals surface area (Å²) >= 11 is 5.60. The lowest BCUT2D eigenvalue weighted by Gasteiger charge is -2.29. The minimum absolute atomic E-state index is 0.141. The molecular formula is C12H14ClFN2O3S. The molecule has 1 fully saturated rings. The number of halogens is 2. The zero-order valence-corrected chi connectivity index (χ0v) is 12.1. The number of carbonyl (C=O) groups is 1. The quantitative estimate of drug-likeness (QED) is 0.913. The highest BCUT2D eigenvalue weighted by atomic mass is 35.5. The second-order valence-corrected chi connectivity index (χ2v) is 6.95. The van der Waals surface area contributed by atoms with Gasteiger partial charge in [0.15, 0.2) is 5.82 Å². The molecule has 0 spiro atoms. The Bertz CT molecular complexity index is 628. The summed E-state index contributed by atoms with van der Waals surface area (Å²) in [6, 6.07) is 3.85. The summed E-state index contributed by atoms with van der Waals surface area (Å²) < 4.78 is 39.7. The van der Waals surface area contributed by atoms with Crippen molar-refractivity contribution < 1.29 is 17.6 Å². The normalized spacial score (nSPS) is 18.1. The molecule has 1 amide bonds. The number of benzene rings is 1. The van der Waals surface area contributed by atoms with E-state index in [-0.39, 0.29) is 24.0 Å². The van der Waals surface area contributed by atoms with Crippen LogP contribution in [0.5, 0.6) is 0 Å². The van der Waals surface area contributed by atoms with Crippen molar-refractivity contribution in [2.24, 2.45) is 11.7 Å². The Morgan fingerprint density at radius 3 is 2.50 bits per heavy atom. The van der Waals surface area contributed by atoms with Crippen LogP contribution in [0, 0.1) is 11.7 Å². The topological polar surface area (TPSA) is 80.5 Å². The van der Waals surface area contributed by atoms with Gasteiger partial charge in [-0.3, -0.25) is 4.79 Å². The van der Waals surface area contributed by atoms with Crippen LogP contribution in [-0.4, -0.2) is 31.7 Å². The number of piperidine rings is 1. The standard InChI is InChI=1S/C12H14ClFN2O3S/c13-9-2-1-3-10(11(9)14)20(18,19)16-6-4-8(5-7-16)12(15)17/h1-3,8H,4-7H2,(H2,15,17). The van der Waals surface area contributed by atoms with Gasteiger partial charge in [0.05, 0.1) is 5.02 Å². The first-order valence-electron chi connectivity index (χ1n) is 6.07. The second-order valence-electron chi connectivity index (χ2n) is 4.63. The van der Waals surface area contributed by atoms with E-state index in [9.17, 15) is 17.6 Å². The zero-order chi connectivity index (χ0) is 14.9. The number of amides is 1. The summed E-state index contributed by atoms with van der Waals surface area (Å²) in [4.78, 5) is 10.6. The smallest absolute Gasteiger partial charge is 0.246 e. The highest BCUT2D eigenvalue weighted by Crippen LogP contribution is 2.27. The Labute approximate surface area is 121 Å². The van der Waals surface area contributed by atoms with E-state index in [1.165, 1.54) is 18.2 Å². The molecule has 1 saturated heterocycles. The first kappa shape index (κ1) is 15.2. The molecule has 1 aliphatic rings. The Morgan fingerprint density at radius 1 is 1.35 bits per heavy atom. The Hall–Kier alpha value is -1.18. The summed E-state index contributed by atoms with van der Waals surface area (Å²) in [6.45, 7) is 0.282. The van der Waals surface area contributed by atoms with Gasteiger partial charge in [0.1, 0.15) is 4.90 Å². The minimum Gasteiger partial charge on any atom is -0.369 e. The summed E-state index contributed by atoms with van der Waals surface area (Å²) in [6.07, 6.45) is 0.688. The minimum atomic E-state index is -3.94. The van der Waals surface area contributed by atoms with Gasteiger partial charge in [-0.25, -0.2) is 12.8 Å². The van der Waals surface area contributed by atoms with Crippen molar-refractivity contribution in [2.75, 3.05) is 13.1 Å².